The molecule has 0 bridgehead atoms. The molecule has 1 saturated heterocycles. The number of hydrogen-bond donors (Lipinski definition) is 0. The summed E-state index contributed by atoms with van der Waals surface area (Å²) in [7, 11) is -2.03. The number of nitrogens with zero attached hydrogens (tertiary/aromatic N) is 2. The molecule has 3 rings (SSSR count). The molecule has 1 aliphatic rings. The molecular weight excluding hydrogens is 356 g/mol. The molecule has 5 nitrogen and oxygen atoms in total. The average Bonchev–Trinajstić information content (AvgIpc) is 3.16. The van der Waals surface area contributed by atoms with Gasteiger partial charge in [-0.3, -0.25) is 9.10 Å². The van der Waals surface area contributed by atoms with Gasteiger partial charge in [-0.2, -0.15) is 0 Å². The third-order valence-electron chi connectivity index (χ3n) is 4.53. The number of carbonyl (C=O) groups is 1. The van der Waals surface area contributed by atoms with Crippen LogP contribution in [0.4, 0.5) is 5.69 Å². The summed E-state index contributed by atoms with van der Waals surface area (Å²) in [5.41, 5.74) is 1.14. The Bertz CT molecular complexity index is 830. The van der Waals surface area contributed by atoms with E-state index in [0.29, 0.717) is 21.4 Å². The van der Waals surface area contributed by atoms with E-state index in [9.17, 15) is 13.2 Å². The number of rotatable bonds is 4. The lowest BCUT2D eigenvalue weighted by Gasteiger charge is -2.31. The molecule has 0 spiro atoms. The standard InChI is InChI=1S/C18H22N2O3S2/c1-14-5-3-11-20(13-14)18(21)15-7-9-16(10-8-15)19(2)25(22,23)17-6-4-12-24-17/h4,6-10,12,14H,3,5,11,13H2,1-2H3/t14-/m1/s1. The number of anilines is 1. The van der Waals surface area contributed by atoms with Gasteiger partial charge in [-0.15, -0.1) is 11.3 Å². The van der Waals surface area contributed by atoms with E-state index in [-0.39, 0.29) is 5.91 Å². The normalized spacial score (nSPS) is 18.2. The van der Waals surface area contributed by atoms with Gasteiger partial charge in [0.25, 0.3) is 15.9 Å². The summed E-state index contributed by atoms with van der Waals surface area (Å²) in [6.45, 7) is 3.73. The van der Waals surface area contributed by atoms with Crippen molar-refractivity contribution in [1.29, 1.82) is 0 Å². The van der Waals surface area contributed by atoms with Crippen molar-refractivity contribution in [3.8, 4) is 0 Å². The summed E-state index contributed by atoms with van der Waals surface area (Å²) in [6, 6.07) is 10.1. The van der Waals surface area contributed by atoms with E-state index < -0.39 is 10.0 Å². The van der Waals surface area contributed by atoms with Crippen molar-refractivity contribution in [1.82, 2.24) is 4.90 Å². The molecular formula is C18H22N2O3S2. The minimum Gasteiger partial charge on any atom is -0.338 e. The number of likely N-dealkylation sites (tertiary alicyclic amines) is 1. The average molecular weight is 379 g/mol. The quantitative estimate of drug-likeness (QED) is 0.819. The van der Waals surface area contributed by atoms with Gasteiger partial charge in [-0.1, -0.05) is 13.0 Å². The van der Waals surface area contributed by atoms with E-state index >= 15 is 0 Å². The Morgan fingerprint density at radius 2 is 1.96 bits per heavy atom. The van der Waals surface area contributed by atoms with Crippen LogP contribution in [-0.2, 0) is 10.0 Å². The number of carbonyl (C=O) groups excluding carboxylic acids is 1. The topological polar surface area (TPSA) is 57.7 Å². The zero-order valence-corrected chi connectivity index (χ0v) is 16.0. The van der Waals surface area contributed by atoms with Crippen molar-refractivity contribution in [3.63, 3.8) is 0 Å². The summed E-state index contributed by atoms with van der Waals surface area (Å²) >= 11 is 1.19. The van der Waals surface area contributed by atoms with Gasteiger partial charge in [-0.05, 0) is 54.5 Å². The van der Waals surface area contributed by atoms with Gasteiger partial charge in [-0.25, -0.2) is 8.42 Å². The highest BCUT2D eigenvalue weighted by atomic mass is 32.2. The number of benzene rings is 1. The number of hydrogen-bond acceptors (Lipinski definition) is 4. The van der Waals surface area contributed by atoms with Gasteiger partial charge < -0.3 is 4.90 Å². The predicted octanol–water partition coefficient (Wildman–Crippen LogP) is 3.45. The van der Waals surface area contributed by atoms with E-state index in [1.165, 1.54) is 22.7 Å². The molecule has 0 unspecified atom stereocenters. The van der Waals surface area contributed by atoms with Crippen molar-refractivity contribution >= 4 is 33.0 Å². The van der Waals surface area contributed by atoms with Crippen LogP contribution in [0.2, 0.25) is 0 Å². The van der Waals surface area contributed by atoms with Crippen molar-refractivity contribution < 1.29 is 13.2 Å². The summed E-state index contributed by atoms with van der Waals surface area (Å²) in [5.74, 6) is 0.543. The Morgan fingerprint density at radius 3 is 2.56 bits per heavy atom. The third-order valence-corrected chi connectivity index (χ3v) is 7.69. The van der Waals surface area contributed by atoms with Gasteiger partial charge in [0, 0.05) is 25.7 Å². The molecule has 1 aromatic carbocycles. The molecule has 0 N–H and O–H groups in total. The Labute approximate surface area is 152 Å². The van der Waals surface area contributed by atoms with Crippen molar-refractivity contribution in [2.24, 2.45) is 5.92 Å². The van der Waals surface area contributed by atoms with Gasteiger partial charge in [0.05, 0.1) is 5.69 Å². The van der Waals surface area contributed by atoms with Crippen molar-refractivity contribution in [2.45, 2.75) is 24.0 Å². The molecule has 2 heterocycles. The highest BCUT2D eigenvalue weighted by molar-refractivity contribution is 7.94. The molecule has 1 atom stereocenters. The van der Waals surface area contributed by atoms with Crippen LogP contribution < -0.4 is 4.31 Å². The van der Waals surface area contributed by atoms with Crippen LogP contribution in [-0.4, -0.2) is 39.4 Å². The second-order valence-corrected chi connectivity index (χ2v) is 9.59. The number of amides is 1. The van der Waals surface area contributed by atoms with Crippen LogP contribution in [0.3, 0.4) is 0 Å². The Morgan fingerprint density at radius 1 is 1.24 bits per heavy atom. The minimum atomic E-state index is -3.55. The van der Waals surface area contributed by atoms with Gasteiger partial charge in [0.2, 0.25) is 0 Å². The van der Waals surface area contributed by atoms with E-state index in [1.807, 2.05) is 4.90 Å². The van der Waals surface area contributed by atoms with Gasteiger partial charge in [0.1, 0.15) is 4.21 Å². The van der Waals surface area contributed by atoms with Crippen LogP contribution in [0.25, 0.3) is 0 Å². The SMILES string of the molecule is C[C@@H]1CCCN(C(=O)c2ccc(N(C)S(=O)(=O)c3cccs3)cc2)C1. The number of sulfonamides is 1. The lowest BCUT2D eigenvalue weighted by Crippen LogP contribution is -2.39. The lowest BCUT2D eigenvalue weighted by atomic mass is 9.99. The van der Waals surface area contributed by atoms with Crippen LogP contribution in [0, 0.1) is 5.92 Å². The summed E-state index contributed by atoms with van der Waals surface area (Å²) in [5, 5.41) is 1.74. The van der Waals surface area contributed by atoms with Crippen LogP contribution >= 0.6 is 11.3 Å². The summed E-state index contributed by atoms with van der Waals surface area (Å²) in [6.07, 6.45) is 2.20. The van der Waals surface area contributed by atoms with E-state index in [2.05, 4.69) is 6.92 Å². The molecule has 2 aromatic rings. The Hall–Kier alpha value is -1.86. The maximum absolute atomic E-state index is 12.6. The van der Waals surface area contributed by atoms with Crippen LogP contribution in [0.1, 0.15) is 30.1 Å². The minimum absolute atomic E-state index is 0.0156. The first-order valence-corrected chi connectivity index (χ1v) is 10.6. The fraction of sp³-hybridized carbons (Fsp3) is 0.389. The maximum atomic E-state index is 12.6. The molecule has 134 valence electrons. The third kappa shape index (κ3) is 3.72. The van der Waals surface area contributed by atoms with Gasteiger partial charge in [0.15, 0.2) is 0 Å². The Kier molecular flexibility index (Phi) is 5.15. The zero-order chi connectivity index (χ0) is 18.0. The first kappa shape index (κ1) is 17.9. The van der Waals surface area contributed by atoms with E-state index in [4.69, 9.17) is 0 Å². The van der Waals surface area contributed by atoms with E-state index in [0.717, 1.165) is 25.9 Å². The molecule has 0 aliphatic carbocycles. The van der Waals surface area contributed by atoms with Crippen molar-refractivity contribution in [3.05, 3.63) is 47.3 Å². The Balaban J connectivity index is 1.77. The van der Waals surface area contributed by atoms with Crippen LogP contribution in [0.5, 0.6) is 0 Å². The number of thiophene rings is 1. The first-order chi connectivity index (χ1) is 11.9. The van der Waals surface area contributed by atoms with E-state index in [1.54, 1.807) is 41.8 Å². The molecule has 7 heteroatoms. The molecule has 1 fully saturated rings. The van der Waals surface area contributed by atoms with Gasteiger partial charge >= 0.3 is 0 Å². The first-order valence-electron chi connectivity index (χ1n) is 8.31. The largest absolute Gasteiger partial charge is 0.338 e. The monoisotopic (exact) mass is 378 g/mol. The molecule has 1 aliphatic heterocycles. The summed E-state index contributed by atoms with van der Waals surface area (Å²) in [4.78, 5) is 14.5. The second-order valence-electron chi connectivity index (χ2n) is 6.45. The molecule has 0 radical (unpaired) electrons. The fourth-order valence-corrected chi connectivity index (χ4v) is 5.41. The lowest BCUT2D eigenvalue weighted by molar-refractivity contribution is 0.0683. The second kappa shape index (κ2) is 7.17. The molecule has 25 heavy (non-hydrogen) atoms. The molecule has 1 amide bonds. The smallest absolute Gasteiger partial charge is 0.273 e. The summed E-state index contributed by atoms with van der Waals surface area (Å²) < 4.78 is 26.7. The number of piperidine rings is 1. The fourth-order valence-electron chi connectivity index (χ4n) is 3.05. The molecule has 0 saturated carbocycles. The van der Waals surface area contributed by atoms with Crippen LogP contribution in [0.15, 0.2) is 46.0 Å². The highest BCUT2D eigenvalue weighted by Crippen LogP contribution is 2.26. The highest BCUT2D eigenvalue weighted by Gasteiger charge is 2.24. The zero-order valence-electron chi connectivity index (χ0n) is 14.4. The molecule has 1 aromatic heterocycles. The van der Waals surface area contributed by atoms with Crippen molar-refractivity contribution in [2.75, 3.05) is 24.4 Å². The maximum Gasteiger partial charge on any atom is 0.273 e. The predicted molar refractivity (Wildman–Crippen MR) is 101 cm³/mol.